The van der Waals surface area contributed by atoms with E-state index in [9.17, 15) is 13.2 Å². The van der Waals surface area contributed by atoms with E-state index in [2.05, 4.69) is 9.97 Å². The summed E-state index contributed by atoms with van der Waals surface area (Å²) in [7, 11) is -4.44. The van der Waals surface area contributed by atoms with Crippen LogP contribution >= 0.6 is 0 Å². The molecule has 2 aromatic rings. The third-order valence-electron chi connectivity index (χ3n) is 2.36. The average Bonchev–Trinajstić information content (AvgIpc) is 2.38. The Kier molecular flexibility index (Phi) is 3.28. The lowest BCUT2D eigenvalue weighted by atomic mass is 10.0. The van der Waals surface area contributed by atoms with Crippen LogP contribution in [-0.4, -0.2) is 28.8 Å². The summed E-state index contributed by atoms with van der Waals surface area (Å²) in [5.74, 6) is -0.616. The maximum atomic E-state index is 11.3. The lowest BCUT2D eigenvalue weighted by Crippen LogP contribution is -2.12. The quantitative estimate of drug-likeness (QED) is 0.622. The number of primary amides is 1. The summed E-state index contributed by atoms with van der Waals surface area (Å²) in [6.45, 7) is 0. The Morgan fingerprint density at radius 1 is 1.16 bits per heavy atom. The fraction of sp³-hybridized carbons (Fsp3) is 0. The Hall–Kier alpha value is -2.32. The molecule has 0 aliphatic carbocycles. The van der Waals surface area contributed by atoms with Gasteiger partial charge in [-0.25, -0.2) is 9.97 Å². The highest BCUT2D eigenvalue weighted by atomic mass is 32.2. The van der Waals surface area contributed by atoms with E-state index < -0.39 is 21.2 Å². The molecule has 1 aromatic heterocycles. The SMILES string of the molecule is NC(=O)c1ccccc1-c1cnc(S(=O)(=O)O)nc1. The number of rotatable bonds is 3. The third kappa shape index (κ3) is 2.75. The Labute approximate surface area is 108 Å². The van der Waals surface area contributed by atoms with Gasteiger partial charge in [0.2, 0.25) is 5.91 Å². The van der Waals surface area contributed by atoms with Gasteiger partial charge in [-0.05, 0) is 11.6 Å². The minimum atomic E-state index is -4.44. The number of aromatic nitrogens is 2. The summed E-state index contributed by atoms with van der Waals surface area (Å²) in [4.78, 5) is 18.3. The van der Waals surface area contributed by atoms with Crippen LogP contribution in [-0.2, 0) is 10.1 Å². The molecule has 7 nitrogen and oxygen atoms in total. The standard InChI is InChI=1S/C11H9N3O4S/c12-10(15)9-4-2-1-3-8(9)7-5-13-11(14-6-7)19(16,17)18/h1-6H,(H2,12,15)(H,16,17,18). The van der Waals surface area contributed by atoms with E-state index in [0.717, 1.165) is 0 Å². The van der Waals surface area contributed by atoms with Crippen LogP contribution in [0.25, 0.3) is 11.1 Å². The topological polar surface area (TPSA) is 123 Å². The smallest absolute Gasteiger partial charge is 0.330 e. The maximum absolute atomic E-state index is 11.3. The number of amides is 1. The molecule has 1 aromatic carbocycles. The lowest BCUT2D eigenvalue weighted by Gasteiger charge is -2.05. The van der Waals surface area contributed by atoms with Crippen molar-refractivity contribution in [2.24, 2.45) is 5.73 Å². The summed E-state index contributed by atoms with van der Waals surface area (Å²) in [5, 5.41) is -0.701. The van der Waals surface area contributed by atoms with Crippen LogP contribution in [0.1, 0.15) is 10.4 Å². The zero-order valence-corrected chi connectivity index (χ0v) is 10.3. The van der Waals surface area contributed by atoms with Crippen molar-refractivity contribution in [2.45, 2.75) is 5.16 Å². The number of carbonyl (C=O) groups excluding carboxylic acids is 1. The van der Waals surface area contributed by atoms with E-state index in [1.54, 1.807) is 18.2 Å². The van der Waals surface area contributed by atoms with E-state index >= 15 is 0 Å². The largest absolute Gasteiger partial charge is 0.366 e. The fourth-order valence-corrected chi connectivity index (χ4v) is 1.91. The Bertz CT molecular complexity index is 726. The van der Waals surface area contributed by atoms with Crippen molar-refractivity contribution in [2.75, 3.05) is 0 Å². The van der Waals surface area contributed by atoms with Crippen LogP contribution < -0.4 is 5.73 Å². The first-order valence-electron chi connectivity index (χ1n) is 5.08. The molecule has 1 heterocycles. The fourth-order valence-electron chi connectivity index (χ4n) is 1.54. The van der Waals surface area contributed by atoms with Gasteiger partial charge in [0.15, 0.2) is 0 Å². The van der Waals surface area contributed by atoms with E-state index in [1.807, 2.05) is 0 Å². The van der Waals surface area contributed by atoms with Crippen LogP contribution in [0.15, 0.2) is 41.8 Å². The highest BCUT2D eigenvalue weighted by Crippen LogP contribution is 2.22. The summed E-state index contributed by atoms with van der Waals surface area (Å²) in [5.41, 5.74) is 6.41. The zero-order valence-electron chi connectivity index (χ0n) is 9.52. The van der Waals surface area contributed by atoms with E-state index in [4.69, 9.17) is 10.3 Å². The van der Waals surface area contributed by atoms with Gasteiger partial charge in [-0.3, -0.25) is 9.35 Å². The molecule has 0 atom stereocenters. The van der Waals surface area contributed by atoms with Crippen molar-refractivity contribution in [3.63, 3.8) is 0 Å². The number of hydrogen-bond acceptors (Lipinski definition) is 5. The van der Waals surface area contributed by atoms with Gasteiger partial charge in [-0.2, -0.15) is 8.42 Å². The molecule has 1 amide bonds. The van der Waals surface area contributed by atoms with Crippen LogP contribution in [0.2, 0.25) is 0 Å². The summed E-state index contributed by atoms with van der Waals surface area (Å²) in [6, 6.07) is 6.51. The minimum absolute atomic E-state index is 0.269. The van der Waals surface area contributed by atoms with Gasteiger partial charge >= 0.3 is 10.1 Å². The first-order chi connectivity index (χ1) is 8.89. The minimum Gasteiger partial charge on any atom is -0.366 e. The van der Waals surface area contributed by atoms with Gasteiger partial charge in [-0.15, -0.1) is 0 Å². The Balaban J connectivity index is 2.52. The molecule has 3 N–H and O–H groups in total. The third-order valence-corrected chi connectivity index (χ3v) is 3.03. The molecule has 0 radical (unpaired) electrons. The molecule has 0 bridgehead atoms. The molecule has 0 spiro atoms. The maximum Gasteiger partial charge on any atom is 0.330 e. The number of carbonyl (C=O) groups is 1. The molecule has 2 rings (SSSR count). The van der Waals surface area contributed by atoms with Crippen LogP contribution in [0.3, 0.4) is 0 Å². The molecule has 0 aliphatic rings. The average molecular weight is 279 g/mol. The predicted molar refractivity (Wildman–Crippen MR) is 65.8 cm³/mol. The zero-order chi connectivity index (χ0) is 14.0. The van der Waals surface area contributed by atoms with E-state index in [-0.39, 0.29) is 5.56 Å². The van der Waals surface area contributed by atoms with Gasteiger partial charge in [0, 0.05) is 23.5 Å². The summed E-state index contributed by atoms with van der Waals surface area (Å²) in [6.07, 6.45) is 2.38. The second-order valence-electron chi connectivity index (χ2n) is 3.64. The summed E-state index contributed by atoms with van der Waals surface area (Å²) < 4.78 is 30.4. The highest BCUT2D eigenvalue weighted by Gasteiger charge is 2.15. The van der Waals surface area contributed by atoms with Gasteiger partial charge in [0.25, 0.3) is 5.16 Å². The van der Waals surface area contributed by atoms with E-state index in [1.165, 1.54) is 18.5 Å². The molecule has 98 valence electrons. The number of hydrogen-bond donors (Lipinski definition) is 2. The van der Waals surface area contributed by atoms with Crippen LogP contribution in [0.5, 0.6) is 0 Å². The summed E-state index contributed by atoms with van der Waals surface area (Å²) >= 11 is 0. The Morgan fingerprint density at radius 3 is 2.26 bits per heavy atom. The van der Waals surface area contributed by atoms with Crippen molar-refractivity contribution in [3.8, 4) is 11.1 Å². The molecule has 0 saturated heterocycles. The van der Waals surface area contributed by atoms with Crippen molar-refractivity contribution in [1.29, 1.82) is 0 Å². The Morgan fingerprint density at radius 2 is 1.74 bits per heavy atom. The van der Waals surface area contributed by atoms with Crippen molar-refractivity contribution >= 4 is 16.0 Å². The predicted octanol–water partition coefficient (Wildman–Crippen LogP) is 0.489. The lowest BCUT2D eigenvalue weighted by molar-refractivity contribution is 0.100. The monoisotopic (exact) mass is 279 g/mol. The highest BCUT2D eigenvalue weighted by molar-refractivity contribution is 7.85. The van der Waals surface area contributed by atoms with Gasteiger partial charge < -0.3 is 5.73 Å². The molecular weight excluding hydrogens is 270 g/mol. The van der Waals surface area contributed by atoms with Crippen molar-refractivity contribution in [3.05, 3.63) is 42.2 Å². The number of nitrogens with two attached hydrogens (primary N) is 1. The molecule has 0 saturated carbocycles. The van der Waals surface area contributed by atoms with Gasteiger partial charge in [-0.1, -0.05) is 18.2 Å². The van der Waals surface area contributed by atoms with Crippen LogP contribution in [0.4, 0.5) is 0 Å². The first kappa shape index (κ1) is 13.1. The van der Waals surface area contributed by atoms with Crippen LogP contribution in [0, 0.1) is 0 Å². The molecule has 0 unspecified atom stereocenters. The molecule has 0 fully saturated rings. The van der Waals surface area contributed by atoms with Crippen molar-refractivity contribution in [1.82, 2.24) is 9.97 Å². The van der Waals surface area contributed by atoms with Gasteiger partial charge in [0.05, 0.1) is 0 Å². The normalized spacial score (nSPS) is 11.2. The second kappa shape index (κ2) is 4.75. The molecule has 8 heteroatoms. The van der Waals surface area contributed by atoms with E-state index in [0.29, 0.717) is 11.1 Å². The molecular formula is C11H9N3O4S. The number of benzene rings is 1. The molecule has 19 heavy (non-hydrogen) atoms. The first-order valence-corrected chi connectivity index (χ1v) is 6.52. The second-order valence-corrected chi connectivity index (χ2v) is 4.95. The molecule has 0 aliphatic heterocycles. The van der Waals surface area contributed by atoms with Gasteiger partial charge in [0.1, 0.15) is 0 Å². The number of nitrogens with zero attached hydrogens (tertiary/aromatic N) is 2. The van der Waals surface area contributed by atoms with Crippen molar-refractivity contribution < 1.29 is 17.8 Å².